The molecule has 110 valence electrons. The summed E-state index contributed by atoms with van der Waals surface area (Å²) in [6.07, 6.45) is 2.24. The lowest BCUT2D eigenvalue weighted by Crippen LogP contribution is -2.39. The van der Waals surface area contributed by atoms with Crippen molar-refractivity contribution in [1.29, 1.82) is 0 Å². The Morgan fingerprint density at radius 3 is 2.80 bits per heavy atom. The zero-order chi connectivity index (χ0) is 14.7. The maximum Gasteiger partial charge on any atom is 0.267 e. The molecule has 1 aromatic heterocycles. The van der Waals surface area contributed by atoms with Crippen LogP contribution in [0.1, 0.15) is 37.4 Å². The van der Waals surface area contributed by atoms with E-state index >= 15 is 0 Å². The van der Waals surface area contributed by atoms with Crippen molar-refractivity contribution in [3.63, 3.8) is 0 Å². The molecule has 6 nitrogen and oxygen atoms in total. The number of carbonyl (C=O) groups is 1. The number of nitrogens with zero attached hydrogens (tertiary/aromatic N) is 3. The lowest BCUT2D eigenvalue weighted by molar-refractivity contribution is -0.124. The molecular weight excluding hydrogens is 256 g/mol. The average Bonchev–Trinajstić information content (AvgIpc) is 3.22. The molecule has 1 amide bonds. The first-order valence-electron chi connectivity index (χ1n) is 7.01. The van der Waals surface area contributed by atoms with Gasteiger partial charge in [-0.3, -0.25) is 9.59 Å². The second-order valence-electron chi connectivity index (χ2n) is 5.59. The molecule has 0 spiro atoms. The second kappa shape index (κ2) is 6.17. The van der Waals surface area contributed by atoms with E-state index in [2.05, 4.69) is 10.4 Å². The van der Waals surface area contributed by atoms with Crippen molar-refractivity contribution in [2.45, 2.75) is 31.7 Å². The van der Waals surface area contributed by atoms with Crippen molar-refractivity contribution in [3.05, 3.63) is 28.2 Å². The molecular formula is C14H22N4O2. The van der Waals surface area contributed by atoms with Crippen molar-refractivity contribution < 1.29 is 4.79 Å². The molecule has 2 rings (SSSR count). The standard InChI is InChI=1S/C14H22N4O2/c1-10(14(20)15-8-9-17(2)3)18-13(19)7-6-12(16-18)11-4-5-11/h6-7,10-11H,4-5,8-9H2,1-3H3,(H,15,20). The Hall–Kier alpha value is -1.69. The number of hydrogen-bond donors (Lipinski definition) is 1. The highest BCUT2D eigenvalue weighted by Crippen LogP contribution is 2.38. The molecule has 6 heteroatoms. The fourth-order valence-electron chi connectivity index (χ4n) is 1.98. The summed E-state index contributed by atoms with van der Waals surface area (Å²) in [5.41, 5.74) is 0.683. The fourth-order valence-corrected chi connectivity index (χ4v) is 1.98. The Balaban J connectivity index is 2.03. The molecule has 1 aliphatic rings. The molecule has 1 aliphatic carbocycles. The summed E-state index contributed by atoms with van der Waals surface area (Å²) in [6.45, 7) is 3.03. The summed E-state index contributed by atoms with van der Waals surface area (Å²) in [5, 5.41) is 7.15. The topological polar surface area (TPSA) is 67.2 Å². The van der Waals surface area contributed by atoms with E-state index < -0.39 is 6.04 Å². The van der Waals surface area contributed by atoms with Crippen molar-refractivity contribution >= 4 is 5.91 Å². The molecule has 1 atom stereocenters. The van der Waals surface area contributed by atoms with Crippen LogP contribution in [0.2, 0.25) is 0 Å². The molecule has 0 aliphatic heterocycles. The smallest absolute Gasteiger partial charge is 0.267 e. The van der Waals surface area contributed by atoms with Gasteiger partial charge in [0.05, 0.1) is 5.69 Å². The van der Waals surface area contributed by atoms with Crippen LogP contribution in [0.15, 0.2) is 16.9 Å². The van der Waals surface area contributed by atoms with Gasteiger partial charge in [0.25, 0.3) is 5.56 Å². The van der Waals surface area contributed by atoms with E-state index in [1.807, 2.05) is 19.0 Å². The lowest BCUT2D eigenvalue weighted by Gasteiger charge is -2.16. The Kier molecular flexibility index (Phi) is 4.54. The van der Waals surface area contributed by atoms with E-state index in [0.717, 1.165) is 25.1 Å². The van der Waals surface area contributed by atoms with E-state index in [-0.39, 0.29) is 11.5 Å². The molecule has 1 N–H and O–H groups in total. The third-order valence-electron chi connectivity index (χ3n) is 3.45. The predicted molar refractivity (Wildman–Crippen MR) is 76.7 cm³/mol. The maximum absolute atomic E-state index is 12.0. The van der Waals surface area contributed by atoms with Gasteiger partial charge in [0, 0.05) is 25.1 Å². The van der Waals surface area contributed by atoms with E-state index in [0.29, 0.717) is 12.5 Å². The van der Waals surface area contributed by atoms with E-state index in [9.17, 15) is 9.59 Å². The number of carbonyl (C=O) groups excluding carboxylic acids is 1. The third-order valence-corrected chi connectivity index (χ3v) is 3.45. The summed E-state index contributed by atoms with van der Waals surface area (Å²) in [6, 6.07) is 2.69. The van der Waals surface area contributed by atoms with Crippen LogP contribution >= 0.6 is 0 Å². The molecule has 0 bridgehead atoms. The van der Waals surface area contributed by atoms with Gasteiger partial charge in [-0.1, -0.05) is 0 Å². The van der Waals surface area contributed by atoms with Gasteiger partial charge in [-0.25, -0.2) is 4.68 Å². The Bertz CT molecular complexity index is 534. The monoisotopic (exact) mass is 278 g/mol. The van der Waals surface area contributed by atoms with Crippen molar-refractivity contribution in [2.75, 3.05) is 27.2 Å². The number of aromatic nitrogens is 2. The van der Waals surface area contributed by atoms with E-state index in [4.69, 9.17) is 0 Å². The molecule has 0 aromatic carbocycles. The highest BCUT2D eigenvalue weighted by atomic mass is 16.2. The lowest BCUT2D eigenvalue weighted by atomic mass is 10.2. The molecule has 1 aromatic rings. The highest BCUT2D eigenvalue weighted by Gasteiger charge is 2.26. The van der Waals surface area contributed by atoms with Crippen LogP contribution in [0.4, 0.5) is 0 Å². The molecule has 0 saturated heterocycles. The number of nitrogens with one attached hydrogen (secondary N) is 1. The third kappa shape index (κ3) is 3.66. The van der Waals surface area contributed by atoms with Crippen LogP contribution < -0.4 is 10.9 Å². The molecule has 1 fully saturated rings. The van der Waals surface area contributed by atoms with Crippen LogP contribution in [-0.2, 0) is 4.79 Å². The normalized spacial score (nSPS) is 16.2. The Morgan fingerprint density at radius 2 is 2.20 bits per heavy atom. The first kappa shape index (κ1) is 14.7. The van der Waals surface area contributed by atoms with Gasteiger partial charge < -0.3 is 10.2 Å². The minimum atomic E-state index is -0.580. The van der Waals surface area contributed by atoms with E-state index in [1.54, 1.807) is 13.0 Å². The predicted octanol–water partition coefficient (Wildman–Crippen LogP) is 0.360. The quantitative estimate of drug-likeness (QED) is 0.816. The summed E-state index contributed by atoms with van der Waals surface area (Å²) >= 11 is 0. The van der Waals surface area contributed by atoms with Gasteiger partial charge in [0.1, 0.15) is 6.04 Å². The van der Waals surface area contributed by atoms with Crippen LogP contribution in [0.5, 0.6) is 0 Å². The van der Waals surface area contributed by atoms with Crippen LogP contribution in [0.3, 0.4) is 0 Å². The number of rotatable bonds is 6. The van der Waals surface area contributed by atoms with Gasteiger partial charge in [0.15, 0.2) is 0 Å². The minimum Gasteiger partial charge on any atom is -0.353 e. The second-order valence-corrected chi connectivity index (χ2v) is 5.59. The van der Waals surface area contributed by atoms with Gasteiger partial charge in [0.2, 0.25) is 5.91 Å². The average molecular weight is 278 g/mol. The van der Waals surface area contributed by atoms with Gasteiger partial charge in [-0.2, -0.15) is 5.10 Å². The SMILES string of the molecule is CC(C(=O)NCCN(C)C)n1nc(C2CC2)ccc1=O. The minimum absolute atomic E-state index is 0.172. The number of likely N-dealkylation sites (N-methyl/N-ethyl adjacent to an activating group) is 1. The summed E-state index contributed by atoms with van der Waals surface area (Å²) in [7, 11) is 3.89. The molecule has 20 heavy (non-hydrogen) atoms. The molecule has 1 unspecified atom stereocenters. The Labute approximate surface area is 118 Å². The fraction of sp³-hybridized carbons (Fsp3) is 0.643. The van der Waals surface area contributed by atoms with Crippen LogP contribution in [0.25, 0.3) is 0 Å². The summed E-state index contributed by atoms with van der Waals surface area (Å²) in [4.78, 5) is 25.9. The van der Waals surface area contributed by atoms with Gasteiger partial charge in [-0.05, 0) is 39.9 Å². The first-order chi connectivity index (χ1) is 9.49. The zero-order valence-corrected chi connectivity index (χ0v) is 12.3. The molecule has 1 saturated carbocycles. The summed E-state index contributed by atoms with van der Waals surface area (Å²) < 4.78 is 1.29. The molecule has 1 heterocycles. The van der Waals surface area contributed by atoms with Crippen molar-refractivity contribution in [3.8, 4) is 0 Å². The largest absolute Gasteiger partial charge is 0.353 e. The van der Waals surface area contributed by atoms with Gasteiger partial charge in [-0.15, -0.1) is 0 Å². The number of amides is 1. The van der Waals surface area contributed by atoms with Crippen LogP contribution in [-0.4, -0.2) is 47.8 Å². The van der Waals surface area contributed by atoms with E-state index in [1.165, 1.54) is 10.7 Å². The van der Waals surface area contributed by atoms with Crippen molar-refractivity contribution in [1.82, 2.24) is 20.0 Å². The highest BCUT2D eigenvalue weighted by molar-refractivity contribution is 5.79. The zero-order valence-electron chi connectivity index (χ0n) is 12.3. The maximum atomic E-state index is 12.0. The number of hydrogen-bond acceptors (Lipinski definition) is 4. The molecule has 0 radical (unpaired) electrons. The van der Waals surface area contributed by atoms with Gasteiger partial charge >= 0.3 is 0 Å². The Morgan fingerprint density at radius 1 is 1.50 bits per heavy atom. The van der Waals surface area contributed by atoms with Crippen molar-refractivity contribution in [2.24, 2.45) is 0 Å². The first-order valence-corrected chi connectivity index (χ1v) is 7.01. The summed E-state index contributed by atoms with van der Waals surface area (Å²) in [5.74, 6) is 0.292. The van der Waals surface area contributed by atoms with Crippen LogP contribution in [0, 0.1) is 0 Å².